The fourth-order valence-corrected chi connectivity index (χ4v) is 1.40. The fourth-order valence-electron chi connectivity index (χ4n) is 1.40. The van der Waals surface area contributed by atoms with Gasteiger partial charge < -0.3 is 5.32 Å². The highest BCUT2D eigenvalue weighted by Gasteiger charge is 2.38. The van der Waals surface area contributed by atoms with Gasteiger partial charge in [-0.05, 0) is 17.5 Å². The maximum atomic E-state index is 12.7. The maximum absolute atomic E-state index is 12.7. The number of benzene rings is 1. The summed E-state index contributed by atoms with van der Waals surface area (Å²) >= 11 is 0. The molecule has 0 heterocycles. The van der Waals surface area contributed by atoms with E-state index in [4.69, 9.17) is 0 Å². The van der Waals surface area contributed by atoms with Crippen molar-refractivity contribution in [3.05, 3.63) is 33.9 Å². The molecule has 0 saturated carbocycles. The second kappa shape index (κ2) is 5.07. The van der Waals surface area contributed by atoms with Gasteiger partial charge in [0.15, 0.2) is 0 Å². The zero-order chi connectivity index (χ0) is 14.8. The number of hydrogen-bond donors (Lipinski definition) is 1. The molecule has 0 bridgehead atoms. The van der Waals surface area contributed by atoms with E-state index in [2.05, 4.69) is 5.32 Å². The summed E-state index contributed by atoms with van der Waals surface area (Å²) in [6.07, 6.45) is -4.75. The Morgan fingerprint density at radius 1 is 1.26 bits per heavy atom. The van der Waals surface area contributed by atoms with Crippen molar-refractivity contribution in [3.8, 4) is 0 Å². The van der Waals surface area contributed by atoms with Crippen LogP contribution in [-0.2, 0) is 6.18 Å². The largest absolute Gasteiger partial charge is 0.423 e. The first-order valence-electron chi connectivity index (χ1n) is 5.60. The van der Waals surface area contributed by atoms with Crippen LogP contribution in [0.3, 0.4) is 0 Å². The van der Waals surface area contributed by atoms with Crippen LogP contribution in [0.2, 0.25) is 0 Å². The van der Waals surface area contributed by atoms with Gasteiger partial charge in [0.25, 0.3) is 5.69 Å². The van der Waals surface area contributed by atoms with Crippen LogP contribution in [0.15, 0.2) is 18.2 Å². The summed E-state index contributed by atoms with van der Waals surface area (Å²) in [7, 11) is 0. The molecular weight excluding hydrogens is 261 g/mol. The van der Waals surface area contributed by atoms with E-state index < -0.39 is 22.4 Å². The minimum Gasteiger partial charge on any atom is -0.385 e. The summed E-state index contributed by atoms with van der Waals surface area (Å²) in [5.74, 6) is 0. The molecule has 0 atom stereocenters. The zero-order valence-electron chi connectivity index (χ0n) is 10.8. The summed E-state index contributed by atoms with van der Waals surface area (Å²) in [6.45, 7) is 6.24. The monoisotopic (exact) mass is 276 g/mol. The van der Waals surface area contributed by atoms with Crippen LogP contribution >= 0.6 is 0 Å². The Bertz CT molecular complexity index is 479. The molecule has 1 aromatic rings. The Morgan fingerprint density at radius 2 is 1.84 bits per heavy atom. The van der Waals surface area contributed by atoms with Gasteiger partial charge in [0.1, 0.15) is 5.56 Å². The SMILES string of the molecule is CC(C)(C)CNc1ccc([N+](=O)[O-])c(C(F)(F)F)c1. The van der Waals surface area contributed by atoms with Gasteiger partial charge in [0, 0.05) is 18.3 Å². The van der Waals surface area contributed by atoms with Crippen molar-refractivity contribution < 1.29 is 18.1 Å². The molecule has 4 nitrogen and oxygen atoms in total. The lowest BCUT2D eigenvalue weighted by Gasteiger charge is -2.20. The normalized spacial score (nSPS) is 12.3. The molecule has 7 heteroatoms. The van der Waals surface area contributed by atoms with Crippen molar-refractivity contribution in [2.45, 2.75) is 26.9 Å². The minimum atomic E-state index is -4.75. The van der Waals surface area contributed by atoms with Crippen LogP contribution in [0.1, 0.15) is 26.3 Å². The van der Waals surface area contributed by atoms with Crippen LogP contribution in [0.25, 0.3) is 0 Å². The highest BCUT2D eigenvalue weighted by molar-refractivity contribution is 5.55. The summed E-state index contributed by atoms with van der Waals surface area (Å²) in [6, 6.07) is 2.91. The molecule has 1 aromatic carbocycles. The molecule has 0 amide bonds. The van der Waals surface area contributed by atoms with Crippen LogP contribution in [-0.4, -0.2) is 11.5 Å². The summed E-state index contributed by atoms with van der Waals surface area (Å²) in [5.41, 5.74) is -2.07. The molecule has 1 N–H and O–H groups in total. The average molecular weight is 276 g/mol. The van der Waals surface area contributed by atoms with Crippen molar-refractivity contribution in [2.75, 3.05) is 11.9 Å². The van der Waals surface area contributed by atoms with Crippen molar-refractivity contribution in [1.82, 2.24) is 0 Å². The summed E-state index contributed by atoms with van der Waals surface area (Å²) in [4.78, 5) is 9.55. The number of halogens is 3. The summed E-state index contributed by atoms with van der Waals surface area (Å²) < 4.78 is 38.2. The van der Waals surface area contributed by atoms with Gasteiger partial charge in [0.05, 0.1) is 4.92 Å². The maximum Gasteiger partial charge on any atom is 0.423 e. The van der Waals surface area contributed by atoms with Crippen molar-refractivity contribution in [1.29, 1.82) is 0 Å². The topological polar surface area (TPSA) is 55.2 Å². The first-order valence-corrected chi connectivity index (χ1v) is 5.60. The van der Waals surface area contributed by atoms with E-state index in [-0.39, 0.29) is 11.1 Å². The van der Waals surface area contributed by atoms with Crippen LogP contribution in [0, 0.1) is 15.5 Å². The number of nitro benzene ring substituents is 1. The lowest BCUT2D eigenvalue weighted by Crippen LogP contribution is -2.19. The van der Waals surface area contributed by atoms with Gasteiger partial charge in [-0.1, -0.05) is 20.8 Å². The highest BCUT2D eigenvalue weighted by Crippen LogP contribution is 2.37. The van der Waals surface area contributed by atoms with Crippen LogP contribution < -0.4 is 5.32 Å². The standard InChI is InChI=1S/C12H15F3N2O2/c1-11(2,3)7-16-8-4-5-10(17(18)19)9(6-8)12(13,14)15/h4-6,16H,7H2,1-3H3. The van der Waals surface area contributed by atoms with E-state index in [1.807, 2.05) is 20.8 Å². The van der Waals surface area contributed by atoms with Gasteiger partial charge in [0.2, 0.25) is 0 Å². The Kier molecular flexibility index (Phi) is 4.07. The van der Waals surface area contributed by atoms with Crippen molar-refractivity contribution in [3.63, 3.8) is 0 Å². The Hall–Kier alpha value is -1.79. The summed E-state index contributed by atoms with van der Waals surface area (Å²) in [5, 5.41) is 13.4. The minimum absolute atomic E-state index is 0.111. The smallest absolute Gasteiger partial charge is 0.385 e. The van der Waals surface area contributed by atoms with Gasteiger partial charge in [-0.25, -0.2) is 0 Å². The first-order chi connectivity index (χ1) is 8.50. The van der Waals surface area contributed by atoms with Gasteiger partial charge in [-0.15, -0.1) is 0 Å². The molecular formula is C12H15F3N2O2. The molecule has 0 aromatic heterocycles. The van der Waals surface area contributed by atoms with Gasteiger partial charge >= 0.3 is 6.18 Å². The van der Waals surface area contributed by atoms with E-state index in [0.717, 1.165) is 12.1 Å². The predicted molar refractivity (Wildman–Crippen MR) is 66.0 cm³/mol. The molecule has 0 aliphatic rings. The predicted octanol–water partition coefficient (Wildman–Crippen LogP) is 4.07. The van der Waals surface area contributed by atoms with Gasteiger partial charge in [-0.2, -0.15) is 13.2 Å². The number of anilines is 1. The average Bonchev–Trinajstić information content (AvgIpc) is 2.23. The van der Waals surface area contributed by atoms with E-state index >= 15 is 0 Å². The lowest BCUT2D eigenvalue weighted by atomic mass is 9.97. The number of hydrogen-bond acceptors (Lipinski definition) is 3. The molecule has 0 saturated heterocycles. The molecule has 0 aliphatic heterocycles. The van der Waals surface area contributed by atoms with Crippen LogP contribution in [0.4, 0.5) is 24.5 Å². The molecule has 0 fully saturated rings. The Labute approximate surface area is 108 Å². The zero-order valence-corrected chi connectivity index (χ0v) is 10.8. The molecule has 0 spiro atoms. The molecule has 0 aliphatic carbocycles. The van der Waals surface area contributed by atoms with E-state index in [0.29, 0.717) is 6.54 Å². The number of alkyl halides is 3. The van der Waals surface area contributed by atoms with Gasteiger partial charge in [-0.3, -0.25) is 10.1 Å². The van der Waals surface area contributed by atoms with Crippen molar-refractivity contribution in [2.24, 2.45) is 5.41 Å². The molecule has 106 valence electrons. The second-order valence-electron chi connectivity index (χ2n) is 5.40. The van der Waals surface area contributed by atoms with E-state index in [9.17, 15) is 23.3 Å². The number of nitrogens with zero attached hydrogens (tertiary/aromatic N) is 1. The highest BCUT2D eigenvalue weighted by atomic mass is 19.4. The van der Waals surface area contributed by atoms with E-state index in [1.54, 1.807) is 0 Å². The molecule has 0 unspecified atom stereocenters. The third-order valence-corrected chi connectivity index (χ3v) is 2.32. The third-order valence-electron chi connectivity index (χ3n) is 2.32. The molecule has 19 heavy (non-hydrogen) atoms. The third kappa shape index (κ3) is 4.42. The van der Waals surface area contributed by atoms with E-state index in [1.165, 1.54) is 6.07 Å². The number of nitro groups is 1. The van der Waals surface area contributed by atoms with Crippen molar-refractivity contribution >= 4 is 11.4 Å². The lowest BCUT2D eigenvalue weighted by molar-refractivity contribution is -0.388. The Morgan fingerprint density at radius 3 is 2.26 bits per heavy atom. The molecule has 1 rings (SSSR count). The molecule has 0 radical (unpaired) electrons. The quantitative estimate of drug-likeness (QED) is 0.668. The number of rotatable bonds is 3. The Balaban J connectivity index is 3.09. The number of nitrogens with one attached hydrogen (secondary N) is 1. The second-order valence-corrected chi connectivity index (χ2v) is 5.40. The van der Waals surface area contributed by atoms with Crippen LogP contribution in [0.5, 0.6) is 0 Å². The fraction of sp³-hybridized carbons (Fsp3) is 0.500. The first kappa shape index (κ1) is 15.3.